The first-order valence-electron chi connectivity index (χ1n) is 5.98. The van der Waals surface area contributed by atoms with E-state index in [1.807, 2.05) is 24.3 Å². The van der Waals surface area contributed by atoms with Crippen molar-refractivity contribution < 1.29 is 9.59 Å². The number of carbonyl (C=O) groups is 2. The summed E-state index contributed by atoms with van der Waals surface area (Å²) in [5.74, 6) is -1.09. The van der Waals surface area contributed by atoms with Gasteiger partial charge in [-0.05, 0) is 13.0 Å². The highest BCUT2D eigenvalue weighted by atomic mass is 79.9. The second-order valence-electron chi connectivity index (χ2n) is 4.30. The molecule has 0 bridgehead atoms. The average Bonchev–Trinajstić information content (AvgIpc) is 2.73. The lowest BCUT2D eigenvalue weighted by Gasteiger charge is -2.05. The molecule has 0 fully saturated rings. The van der Waals surface area contributed by atoms with E-state index in [9.17, 15) is 9.59 Å². The highest BCUT2D eigenvalue weighted by Crippen LogP contribution is 2.13. The number of hydrazone groups is 2. The fraction of sp³-hybridized carbons (Fsp3) is 0.231. The van der Waals surface area contributed by atoms with Gasteiger partial charge in [0.15, 0.2) is 0 Å². The lowest BCUT2D eigenvalue weighted by molar-refractivity contribution is -0.127. The van der Waals surface area contributed by atoms with Crippen molar-refractivity contribution in [2.45, 2.75) is 13.3 Å². The van der Waals surface area contributed by atoms with E-state index in [1.54, 1.807) is 6.92 Å². The first-order valence-corrected chi connectivity index (χ1v) is 6.77. The van der Waals surface area contributed by atoms with Crippen LogP contribution in [-0.4, -0.2) is 23.7 Å². The van der Waals surface area contributed by atoms with Crippen LogP contribution >= 0.6 is 15.9 Å². The smallest absolute Gasteiger partial charge is 0.249 e. The van der Waals surface area contributed by atoms with Gasteiger partial charge >= 0.3 is 0 Å². The SMILES string of the molecule is CC1=NNC(=O)C1CC(=O)N/N=C/c1ccccc1Br. The van der Waals surface area contributed by atoms with E-state index in [0.29, 0.717) is 5.71 Å². The highest BCUT2D eigenvalue weighted by molar-refractivity contribution is 9.10. The van der Waals surface area contributed by atoms with Crippen LogP contribution in [0.3, 0.4) is 0 Å². The molecule has 1 aliphatic rings. The van der Waals surface area contributed by atoms with Crippen molar-refractivity contribution in [1.82, 2.24) is 10.9 Å². The van der Waals surface area contributed by atoms with Gasteiger partial charge in [-0.2, -0.15) is 10.2 Å². The van der Waals surface area contributed by atoms with Gasteiger partial charge in [-0.15, -0.1) is 0 Å². The van der Waals surface area contributed by atoms with E-state index in [1.165, 1.54) is 6.21 Å². The molecule has 1 atom stereocenters. The molecule has 6 nitrogen and oxygen atoms in total. The number of nitrogens with one attached hydrogen (secondary N) is 2. The van der Waals surface area contributed by atoms with Crippen molar-refractivity contribution in [3.63, 3.8) is 0 Å². The summed E-state index contributed by atoms with van der Waals surface area (Å²) < 4.78 is 0.885. The van der Waals surface area contributed by atoms with Crippen LogP contribution < -0.4 is 10.9 Å². The Morgan fingerprint density at radius 2 is 2.30 bits per heavy atom. The Morgan fingerprint density at radius 1 is 1.55 bits per heavy atom. The first-order chi connectivity index (χ1) is 9.58. The van der Waals surface area contributed by atoms with Gasteiger partial charge in [-0.3, -0.25) is 9.59 Å². The molecule has 1 aromatic rings. The molecule has 0 saturated carbocycles. The van der Waals surface area contributed by atoms with E-state index in [-0.39, 0.29) is 18.2 Å². The molecule has 1 unspecified atom stereocenters. The summed E-state index contributed by atoms with van der Waals surface area (Å²) in [6.07, 6.45) is 1.58. The number of nitrogens with zero attached hydrogens (tertiary/aromatic N) is 2. The highest BCUT2D eigenvalue weighted by Gasteiger charge is 2.28. The molecule has 20 heavy (non-hydrogen) atoms. The molecule has 1 aliphatic heterocycles. The fourth-order valence-electron chi connectivity index (χ4n) is 1.71. The third-order valence-electron chi connectivity index (χ3n) is 2.85. The third kappa shape index (κ3) is 3.51. The maximum Gasteiger partial charge on any atom is 0.249 e. The fourth-order valence-corrected chi connectivity index (χ4v) is 2.10. The maximum absolute atomic E-state index is 11.7. The number of halogens is 1. The van der Waals surface area contributed by atoms with Gasteiger partial charge in [0.05, 0.1) is 12.1 Å². The molecule has 104 valence electrons. The Hall–Kier alpha value is -2.02. The van der Waals surface area contributed by atoms with Gasteiger partial charge in [-0.1, -0.05) is 34.1 Å². The van der Waals surface area contributed by atoms with Crippen LogP contribution in [0, 0.1) is 5.92 Å². The van der Waals surface area contributed by atoms with Gasteiger partial charge in [0.1, 0.15) is 0 Å². The zero-order chi connectivity index (χ0) is 14.5. The normalized spacial score (nSPS) is 18.0. The largest absolute Gasteiger partial charge is 0.273 e. The summed E-state index contributed by atoms with van der Waals surface area (Å²) in [6.45, 7) is 1.71. The molecule has 0 aromatic heterocycles. The molecule has 0 aliphatic carbocycles. The van der Waals surface area contributed by atoms with Gasteiger partial charge < -0.3 is 0 Å². The molecular weight excluding hydrogens is 324 g/mol. The Kier molecular flexibility index (Phi) is 4.62. The molecule has 0 spiro atoms. The Labute approximate surface area is 124 Å². The molecule has 7 heteroatoms. The summed E-state index contributed by atoms with van der Waals surface area (Å²) >= 11 is 3.38. The van der Waals surface area contributed by atoms with Crippen molar-refractivity contribution in [3.05, 3.63) is 34.3 Å². The third-order valence-corrected chi connectivity index (χ3v) is 3.57. The molecule has 2 amide bonds. The number of amides is 2. The first kappa shape index (κ1) is 14.4. The number of hydrogen-bond acceptors (Lipinski definition) is 4. The lowest BCUT2D eigenvalue weighted by atomic mass is 10.0. The second kappa shape index (κ2) is 6.42. The van der Waals surface area contributed by atoms with Crippen LogP contribution in [-0.2, 0) is 9.59 Å². The monoisotopic (exact) mass is 336 g/mol. The number of carbonyl (C=O) groups excluding carboxylic acids is 2. The van der Waals surface area contributed by atoms with Crippen molar-refractivity contribution >= 4 is 39.7 Å². The van der Waals surface area contributed by atoms with E-state index in [0.717, 1.165) is 10.0 Å². The minimum Gasteiger partial charge on any atom is -0.273 e. The standard InChI is InChI=1S/C13H13BrN4O2/c1-8-10(13(20)18-16-8)6-12(19)17-15-7-9-4-2-3-5-11(9)14/h2-5,7,10H,6H2,1H3,(H,17,19)(H,18,20)/b15-7+. The Balaban J connectivity index is 1.88. The van der Waals surface area contributed by atoms with Crippen molar-refractivity contribution in [2.24, 2.45) is 16.1 Å². The second-order valence-corrected chi connectivity index (χ2v) is 5.15. The molecule has 0 saturated heterocycles. The Morgan fingerprint density at radius 3 is 2.95 bits per heavy atom. The van der Waals surface area contributed by atoms with Crippen LogP contribution in [0.25, 0.3) is 0 Å². The number of rotatable bonds is 4. The summed E-state index contributed by atoms with van der Waals surface area (Å²) in [7, 11) is 0. The number of hydrogen-bond donors (Lipinski definition) is 2. The molecule has 0 radical (unpaired) electrons. The van der Waals surface area contributed by atoms with E-state index in [2.05, 4.69) is 37.0 Å². The van der Waals surface area contributed by atoms with Crippen LogP contribution in [0.5, 0.6) is 0 Å². The van der Waals surface area contributed by atoms with Gasteiger partial charge in [0.2, 0.25) is 11.8 Å². The van der Waals surface area contributed by atoms with E-state index >= 15 is 0 Å². The maximum atomic E-state index is 11.7. The summed E-state index contributed by atoms with van der Waals surface area (Å²) in [5, 5.41) is 7.65. The topological polar surface area (TPSA) is 82.9 Å². The van der Waals surface area contributed by atoms with Crippen LogP contribution in [0.1, 0.15) is 18.9 Å². The predicted octanol–water partition coefficient (Wildman–Crippen LogP) is 1.41. The Bertz CT molecular complexity index is 598. The minimum absolute atomic E-state index is 0.0362. The summed E-state index contributed by atoms with van der Waals surface area (Å²) in [4.78, 5) is 23.1. The quantitative estimate of drug-likeness (QED) is 0.643. The molecule has 2 rings (SSSR count). The molecule has 1 heterocycles. The van der Waals surface area contributed by atoms with E-state index < -0.39 is 5.92 Å². The average molecular weight is 337 g/mol. The zero-order valence-corrected chi connectivity index (χ0v) is 12.3. The van der Waals surface area contributed by atoms with Gasteiger partial charge in [0, 0.05) is 22.2 Å². The van der Waals surface area contributed by atoms with Crippen molar-refractivity contribution in [2.75, 3.05) is 0 Å². The van der Waals surface area contributed by atoms with Crippen LogP contribution in [0.4, 0.5) is 0 Å². The summed E-state index contributed by atoms with van der Waals surface area (Å²) in [6, 6.07) is 7.50. The van der Waals surface area contributed by atoms with Gasteiger partial charge in [-0.25, -0.2) is 10.9 Å². The van der Waals surface area contributed by atoms with E-state index in [4.69, 9.17) is 0 Å². The van der Waals surface area contributed by atoms with Crippen molar-refractivity contribution in [1.29, 1.82) is 0 Å². The van der Waals surface area contributed by atoms with Crippen LogP contribution in [0.15, 0.2) is 38.9 Å². The van der Waals surface area contributed by atoms with Gasteiger partial charge in [0.25, 0.3) is 0 Å². The lowest BCUT2D eigenvalue weighted by Crippen LogP contribution is -2.29. The predicted molar refractivity (Wildman–Crippen MR) is 79.2 cm³/mol. The minimum atomic E-state index is -0.506. The summed E-state index contributed by atoms with van der Waals surface area (Å²) in [5.41, 5.74) is 6.20. The van der Waals surface area contributed by atoms with Crippen LogP contribution in [0.2, 0.25) is 0 Å². The van der Waals surface area contributed by atoms with Crippen molar-refractivity contribution in [3.8, 4) is 0 Å². The molecular formula is C13H13BrN4O2. The molecule has 1 aromatic carbocycles. The number of benzene rings is 1. The molecule has 2 N–H and O–H groups in total. The zero-order valence-electron chi connectivity index (χ0n) is 10.8.